The summed E-state index contributed by atoms with van der Waals surface area (Å²) in [4.78, 5) is 15.8. The van der Waals surface area contributed by atoms with Crippen molar-refractivity contribution < 1.29 is 8.83 Å². The van der Waals surface area contributed by atoms with Crippen molar-refractivity contribution in [3.05, 3.63) is 200 Å². The van der Waals surface area contributed by atoms with Crippen molar-refractivity contribution in [3.63, 3.8) is 0 Å². The van der Waals surface area contributed by atoms with Crippen LogP contribution in [0.15, 0.2) is 209 Å². The van der Waals surface area contributed by atoms with Gasteiger partial charge in [0.05, 0.1) is 0 Å². The standard InChI is InChI=1S/C57H33N3O2/c1-3-14-36-32-38(28-26-34(36)12-1)40-19-9-21-47-52-44(20-10-25-51(52)62-54(40)47)43-30-31-45(42-17-6-5-16-41(42)43)56-58-55(39-29-27-35-13-2-4-15-37(35)33-39)59-57(60-56)48-22-11-24-50-53(48)46-18-7-8-23-49(46)61-50/h1-33H. The van der Waals surface area contributed by atoms with Gasteiger partial charge in [0.15, 0.2) is 17.5 Å². The Hall–Kier alpha value is -8.41. The van der Waals surface area contributed by atoms with E-state index in [1.807, 2.05) is 30.3 Å². The number of fused-ring (bicyclic) bond motifs is 9. The van der Waals surface area contributed by atoms with Gasteiger partial charge in [0, 0.05) is 43.8 Å². The van der Waals surface area contributed by atoms with Gasteiger partial charge in [0.1, 0.15) is 22.3 Å². The molecule has 0 bridgehead atoms. The molecule has 0 N–H and O–H groups in total. The largest absolute Gasteiger partial charge is 0.456 e. The van der Waals surface area contributed by atoms with Crippen LogP contribution in [-0.4, -0.2) is 15.0 Å². The molecule has 10 aromatic carbocycles. The van der Waals surface area contributed by atoms with Gasteiger partial charge in [-0.1, -0.05) is 164 Å². The molecular weight excluding hydrogens is 759 g/mol. The molecule has 0 unspecified atom stereocenters. The Morgan fingerprint density at radius 1 is 0.274 bits per heavy atom. The van der Waals surface area contributed by atoms with E-state index in [1.54, 1.807) is 0 Å². The van der Waals surface area contributed by atoms with Gasteiger partial charge in [-0.15, -0.1) is 0 Å². The fourth-order valence-corrected chi connectivity index (χ4v) is 9.42. The third-order valence-corrected chi connectivity index (χ3v) is 12.3. The molecule has 0 aliphatic heterocycles. The second kappa shape index (κ2) is 13.6. The molecule has 0 aliphatic rings. The van der Waals surface area contributed by atoms with Crippen molar-refractivity contribution in [2.24, 2.45) is 0 Å². The maximum Gasteiger partial charge on any atom is 0.164 e. The average molecular weight is 792 g/mol. The van der Waals surface area contributed by atoms with Crippen molar-refractivity contribution >= 4 is 76.2 Å². The predicted molar refractivity (Wildman–Crippen MR) is 254 cm³/mol. The lowest BCUT2D eigenvalue weighted by Gasteiger charge is -2.14. The van der Waals surface area contributed by atoms with Crippen LogP contribution in [0.5, 0.6) is 0 Å². The molecule has 13 aromatic rings. The number of furan rings is 2. The summed E-state index contributed by atoms with van der Waals surface area (Å²) in [6, 6.07) is 69.9. The van der Waals surface area contributed by atoms with Crippen molar-refractivity contribution in [2.45, 2.75) is 0 Å². The van der Waals surface area contributed by atoms with E-state index in [0.717, 1.165) is 104 Å². The van der Waals surface area contributed by atoms with Gasteiger partial charge in [0.25, 0.3) is 0 Å². The van der Waals surface area contributed by atoms with Gasteiger partial charge in [-0.05, 0) is 85.4 Å². The fraction of sp³-hybridized carbons (Fsp3) is 0. The normalized spacial score (nSPS) is 11.9. The predicted octanol–water partition coefficient (Wildman–Crippen LogP) is 15.5. The summed E-state index contributed by atoms with van der Waals surface area (Å²) in [5.41, 5.74) is 10.5. The van der Waals surface area contributed by atoms with Crippen LogP contribution in [-0.2, 0) is 0 Å². The monoisotopic (exact) mass is 791 g/mol. The SMILES string of the molecule is c1ccc2cc(-c3nc(-c4ccc(-c5cccc6oc7c(-c8ccc9ccccc9c8)cccc7c56)c5ccccc45)nc(-c4cccc5oc6ccccc6c45)n3)ccc2c1. The van der Waals surface area contributed by atoms with Crippen LogP contribution in [0.1, 0.15) is 0 Å². The van der Waals surface area contributed by atoms with E-state index in [0.29, 0.717) is 17.5 Å². The van der Waals surface area contributed by atoms with Crippen LogP contribution in [0.3, 0.4) is 0 Å². The van der Waals surface area contributed by atoms with Crippen molar-refractivity contribution in [1.29, 1.82) is 0 Å². The summed E-state index contributed by atoms with van der Waals surface area (Å²) in [7, 11) is 0. The third kappa shape index (κ3) is 5.38. The summed E-state index contributed by atoms with van der Waals surface area (Å²) >= 11 is 0. The molecule has 0 spiro atoms. The summed E-state index contributed by atoms with van der Waals surface area (Å²) in [6.07, 6.45) is 0. The summed E-state index contributed by atoms with van der Waals surface area (Å²) in [5.74, 6) is 1.78. The first kappa shape index (κ1) is 34.5. The summed E-state index contributed by atoms with van der Waals surface area (Å²) < 4.78 is 13.1. The summed E-state index contributed by atoms with van der Waals surface area (Å²) in [5, 5.41) is 11.0. The van der Waals surface area contributed by atoms with Crippen LogP contribution in [0, 0.1) is 0 Å². The maximum atomic E-state index is 6.77. The minimum Gasteiger partial charge on any atom is -0.456 e. The Balaban J connectivity index is 1.02. The molecule has 0 saturated carbocycles. The van der Waals surface area contributed by atoms with Gasteiger partial charge >= 0.3 is 0 Å². The molecule has 0 aliphatic carbocycles. The van der Waals surface area contributed by atoms with E-state index in [-0.39, 0.29) is 0 Å². The Morgan fingerprint density at radius 2 is 0.774 bits per heavy atom. The van der Waals surface area contributed by atoms with E-state index in [9.17, 15) is 0 Å². The van der Waals surface area contributed by atoms with Crippen LogP contribution in [0.2, 0.25) is 0 Å². The number of benzene rings is 10. The van der Waals surface area contributed by atoms with Crippen LogP contribution < -0.4 is 0 Å². The number of aromatic nitrogens is 3. The van der Waals surface area contributed by atoms with Crippen LogP contribution >= 0.6 is 0 Å². The summed E-state index contributed by atoms with van der Waals surface area (Å²) in [6.45, 7) is 0. The van der Waals surface area contributed by atoms with Crippen molar-refractivity contribution in [2.75, 3.05) is 0 Å². The zero-order chi connectivity index (χ0) is 40.7. The first-order chi connectivity index (χ1) is 30.7. The van der Waals surface area contributed by atoms with Gasteiger partial charge < -0.3 is 8.83 Å². The molecular formula is C57H33N3O2. The second-order valence-corrected chi connectivity index (χ2v) is 15.9. The topological polar surface area (TPSA) is 65.0 Å². The van der Waals surface area contributed by atoms with Gasteiger partial charge in [-0.25, -0.2) is 15.0 Å². The van der Waals surface area contributed by atoms with Crippen LogP contribution in [0.25, 0.3) is 133 Å². The average Bonchev–Trinajstić information content (AvgIpc) is 3.92. The zero-order valence-electron chi connectivity index (χ0n) is 33.2. The zero-order valence-corrected chi connectivity index (χ0v) is 33.2. The van der Waals surface area contributed by atoms with E-state index in [1.165, 1.54) is 10.8 Å². The smallest absolute Gasteiger partial charge is 0.164 e. The lowest BCUT2D eigenvalue weighted by molar-refractivity contribution is 0.669. The second-order valence-electron chi connectivity index (χ2n) is 15.9. The van der Waals surface area contributed by atoms with Gasteiger partial charge in [0.2, 0.25) is 0 Å². The number of para-hydroxylation sites is 2. The van der Waals surface area contributed by atoms with Crippen molar-refractivity contribution in [3.8, 4) is 56.4 Å². The van der Waals surface area contributed by atoms with E-state index >= 15 is 0 Å². The van der Waals surface area contributed by atoms with Gasteiger partial charge in [-0.3, -0.25) is 0 Å². The molecule has 0 fully saturated rings. The minimum absolute atomic E-state index is 0.584. The Labute approximate surface area is 355 Å². The highest BCUT2D eigenvalue weighted by Crippen LogP contribution is 2.44. The van der Waals surface area contributed by atoms with E-state index in [2.05, 4.69) is 170 Å². The van der Waals surface area contributed by atoms with Crippen LogP contribution in [0.4, 0.5) is 0 Å². The molecule has 0 radical (unpaired) electrons. The molecule has 0 amide bonds. The molecule has 0 saturated heterocycles. The molecule has 3 heterocycles. The molecule has 5 nitrogen and oxygen atoms in total. The van der Waals surface area contributed by atoms with E-state index < -0.39 is 0 Å². The lowest BCUT2D eigenvalue weighted by Crippen LogP contribution is -2.01. The molecule has 5 heteroatoms. The minimum atomic E-state index is 0.584. The first-order valence-corrected chi connectivity index (χ1v) is 20.8. The highest BCUT2D eigenvalue weighted by molar-refractivity contribution is 6.19. The molecule has 0 atom stereocenters. The molecule has 3 aromatic heterocycles. The Kier molecular flexibility index (Phi) is 7.54. The molecule has 13 rings (SSSR count). The third-order valence-electron chi connectivity index (χ3n) is 12.3. The Morgan fingerprint density at radius 3 is 1.55 bits per heavy atom. The van der Waals surface area contributed by atoms with Crippen molar-refractivity contribution in [1.82, 2.24) is 15.0 Å². The number of rotatable bonds is 5. The van der Waals surface area contributed by atoms with E-state index in [4.69, 9.17) is 23.8 Å². The quantitative estimate of drug-likeness (QED) is 0.174. The molecule has 288 valence electrons. The first-order valence-electron chi connectivity index (χ1n) is 20.8. The number of hydrogen-bond donors (Lipinski definition) is 0. The number of hydrogen-bond acceptors (Lipinski definition) is 5. The highest BCUT2D eigenvalue weighted by Gasteiger charge is 2.22. The maximum absolute atomic E-state index is 6.77. The highest BCUT2D eigenvalue weighted by atomic mass is 16.3. The Bertz CT molecular complexity index is 3950. The number of nitrogens with zero attached hydrogens (tertiary/aromatic N) is 3. The molecule has 62 heavy (non-hydrogen) atoms. The fourth-order valence-electron chi connectivity index (χ4n) is 9.42. The van der Waals surface area contributed by atoms with Gasteiger partial charge in [-0.2, -0.15) is 0 Å². The lowest BCUT2D eigenvalue weighted by atomic mass is 9.91.